The van der Waals surface area contributed by atoms with Crippen LogP contribution in [0.3, 0.4) is 0 Å². The van der Waals surface area contributed by atoms with Crippen LogP contribution in [0.4, 0.5) is 0 Å². The van der Waals surface area contributed by atoms with Crippen molar-refractivity contribution in [2.45, 2.75) is 33.6 Å². The molecule has 0 aliphatic carbocycles. The van der Waals surface area contributed by atoms with E-state index in [1.54, 1.807) is 6.92 Å². The van der Waals surface area contributed by atoms with Crippen LogP contribution in [0.15, 0.2) is 6.33 Å². The molecule has 0 saturated carbocycles. The molecule has 0 unspecified atom stereocenters. The highest BCUT2D eigenvalue weighted by Gasteiger charge is 2.20. The molecule has 6 nitrogen and oxygen atoms in total. The van der Waals surface area contributed by atoms with Crippen LogP contribution in [0.25, 0.3) is 0 Å². The van der Waals surface area contributed by atoms with E-state index in [0.29, 0.717) is 18.2 Å². The van der Waals surface area contributed by atoms with Crippen LogP contribution in [0.1, 0.15) is 42.9 Å². The first-order chi connectivity index (χ1) is 10.1. The quantitative estimate of drug-likeness (QED) is 0.885. The maximum atomic E-state index is 12.0. The normalized spacial score (nSPS) is 18.6. The van der Waals surface area contributed by atoms with Crippen molar-refractivity contribution < 1.29 is 9.90 Å². The highest BCUT2D eigenvalue weighted by Crippen LogP contribution is 2.17. The van der Waals surface area contributed by atoms with Crippen molar-refractivity contribution >= 4 is 5.91 Å². The average Bonchev–Trinajstić information content (AvgIpc) is 2.50. The van der Waals surface area contributed by atoms with Crippen molar-refractivity contribution in [3.8, 4) is 5.75 Å². The standard InChI is InChI=1S/C13H20N4O2.C2H6/c1-9-12(18)11(16-8-15-9)13(19)14-6-10-4-3-5-17(2)7-10;1-2/h8,10,18H,3-7H2,1-2H3,(H,14,19);1-2H3/t10-;/m0./s1. The second-order valence-electron chi connectivity index (χ2n) is 5.14. The van der Waals surface area contributed by atoms with Crippen LogP contribution in [0.5, 0.6) is 5.75 Å². The topological polar surface area (TPSA) is 78.4 Å². The molecule has 1 fully saturated rings. The maximum absolute atomic E-state index is 12.0. The van der Waals surface area contributed by atoms with Gasteiger partial charge in [-0.15, -0.1) is 0 Å². The largest absolute Gasteiger partial charge is 0.504 e. The lowest BCUT2D eigenvalue weighted by atomic mass is 9.98. The molecule has 0 aromatic carbocycles. The number of hydrogen-bond acceptors (Lipinski definition) is 5. The van der Waals surface area contributed by atoms with Gasteiger partial charge < -0.3 is 15.3 Å². The summed E-state index contributed by atoms with van der Waals surface area (Å²) in [6, 6.07) is 0. The fourth-order valence-corrected chi connectivity index (χ4v) is 2.39. The Balaban J connectivity index is 0.00000106. The van der Waals surface area contributed by atoms with Gasteiger partial charge >= 0.3 is 0 Å². The van der Waals surface area contributed by atoms with Crippen molar-refractivity contribution in [3.63, 3.8) is 0 Å². The zero-order valence-corrected chi connectivity index (χ0v) is 13.4. The molecule has 21 heavy (non-hydrogen) atoms. The maximum Gasteiger partial charge on any atom is 0.273 e. The van der Waals surface area contributed by atoms with Gasteiger partial charge in [0, 0.05) is 13.1 Å². The first-order valence-corrected chi connectivity index (χ1v) is 7.55. The van der Waals surface area contributed by atoms with Gasteiger partial charge in [0.05, 0.1) is 5.69 Å². The monoisotopic (exact) mass is 294 g/mol. The minimum Gasteiger partial charge on any atom is -0.504 e. The molecular formula is C15H26N4O2. The molecule has 0 radical (unpaired) electrons. The summed E-state index contributed by atoms with van der Waals surface area (Å²) in [7, 11) is 2.09. The third-order valence-electron chi connectivity index (χ3n) is 3.49. The van der Waals surface area contributed by atoms with Crippen molar-refractivity contribution in [1.82, 2.24) is 20.2 Å². The number of nitrogens with zero attached hydrogens (tertiary/aromatic N) is 3. The van der Waals surface area contributed by atoms with E-state index in [0.717, 1.165) is 25.9 Å². The summed E-state index contributed by atoms with van der Waals surface area (Å²) in [6.07, 6.45) is 3.58. The van der Waals surface area contributed by atoms with Gasteiger partial charge in [0.15, 0.2) is 11.4 Å². The summed E-state index contributed by atoms with van der Waals surface area (Å²) in [5.74, 6) is -0.00948. The van der Waals surface area contributed by atoms with E-state index in [-0.39, 0.29) is 17.4 Å². The van der Waals surface area contributed by atoms with Crippen LogP contribution < -0.4 is 5.32 Å². The minimum atomic E-state index is -0.337. The number of aryl methyl sites for hydroxylation is 1. The second kappa shape index (κ2) is 8.56. The predicted molar refractivity (Wildman–Crippen MR) is 82.3 cm³/mol. The Morgan fingerprint density at radius 2 is 2.19 bits per heavy atom. The van der Waals surface area contributed by atoms with Gasteiger partial charge in [-0.2, -0.15) is 0 Å². The van der Waals surface area contributed by atoms with Gasteiger partial charge in [-0.3, -0.25) is 4.79 Å². The SMILES string of the molecule is CC.Cc1ncnc(C(=O)NC[C@@H]2CCCN(C)C2)c1O. The lowest BCUT2D eigenvalue weighted by molar-refractivity contribution is 0.0928. The Morgan fingerprint density at radius 3 is 2.86 bits per heavy atom. The van der Waals surface area contributed by atoms with E-state index in [2.05, 4.69) is 27.2 Å². The van der Waals surface area contributed by atoms with Crippen LogP contribution in [-0.2, 0) is 0 Å². The van der Waals surface area contributed by atoms with Crippen LogP contribution in [0, 0.1) is 12.8 Å². The molecule has 1 aliphatic heterocycles. The fraction of sp³-hybridized carbons (Fsp3) is 0.667. The molecule has 6 heteroatoms. The molecule has 118 valence electrons. The van der Waals surface area contributed by atoms with E-state index in [4.69, 9.17) is 0 Å². The molecule has 1 amide bonds. The first kappa shape index (κ1) is 17.4. The molecule has 2 heterocycles. The van der Waals surface area contributed by atoms with Crippen molar-refractivity contribution in [3.05, 3.63) is 17.7 Å². The van der Waals surface area contributed by atoms with E-state index >= 15 is 0 Å². The van der Waals surface area contributed by atoms with Crippen molar-refractivity contribution in [1.29, 1.82) is 0 Å². The van der Waals surface area contributed by atoms with E-state index in [1.807, 2.05) is 13.8 Å². The van der Waals surface area contributed by atoms with Gasteiger partial charge in [0.25, 0.3) is 5.91 Å². The first-order valence-electron chi connectivity index (χ1n) is 7.55. The number of nitrogens with one attached hydrogen (secondary N) is 1. The summed E-state index contributed by atoms with van der Waals surface area (Å²) in [4.78, 5) is 21.9. The fourth-order valence-electron chi connectivity index (χ4n) is 2.39. The summed E-state index contributed by atoms with van der Waals surface area (Å²) < 4.78 is 0. The van der Waals surface area contributed by atoms with Crippen LogP contribution in [-0.4, -0.2) is 52.6 Å². The number of likely N-dealkylation sites (tertiary alicyclic amines) is 1. The van der Waals surface area contributed by atoms with Crippen LogP contribution >= 0.6 is 0 Å². The summed E-state index contributed by atoms with van der Waals surface area (Å²) in [6.45, 7) is 8.38. The molecule has 0 bridgehead atoms. The lowest BCUT2D eigenvalue weighted by Crippen LogP contribution is -2.39. The minimum absolute atomic E-state index is 0.0525. The second-order valence-corrected chi connectivity index (χ2v) is 5.14. The van der Waals surface area contributed by atoms with Crippen LogP contribution in [0.2, 0.25) is 0 Å². The number of aromatic hydroxyl groups is 1. The molecule has 1 saturated heterocycles. The number of amides is 1. The van der Waals surface area contributed by atoms with Gasteiger partial charge in [-0.05, 0) is 39.3 Å². The van der Waals surface area contributed by atoms with E-state index < -0.39 is 0 Å². The summed E-state index contributed by atoms with van der Waals surface area (Å²) in [5, 5.41) is 12.6. The number of piperidine rings is 1. The molecule has 1 aromatic rings. The Kier molecular flexibility index (Phi) is 7.08. The number of aromatic nitrogens is 2. The Hall–Kier alpha value is -1.69. The summed E-state index contributed by atoms with van der Waals surface area (Å²) in [5.41, 5.74) is 0.467. The molecule has 2 N–H and O–H groups in total. The van der Waals surface area contributed by atoms with Crippen molar-refractivity contribution in [2.24, 2.45) is 5.92 Å². The lowest BCUT2D eigenvalue weighted by Gasteiger charge is -2.29. The molecular weight excluding hydrogens is 268 g/mol. The van der Waals surface area contributed by atoms with Crippen molar-refractivity contribution in [2.75, 3.05) is 26.7 Å². The highest BCUT2D eigenvalue weighted by atomic mass is 16.3. The third-order valence-corrected chi connectivity index (χ3v) is 3.49. The van der Waals surface area contributed by atoms with Gasteiger partial charge in [-0.25, -0.2) is 9.97 Å². The molecule has 1 aliphatic rings. The third kappa shape index (κ3) is 4.97. The zero-order chi connectivity index (χ0) is 15.8. The molecule has 1 aromatic heterocycles. The molecule has 0 spiro atoms. The van der Waals surface area contributed by atoms with Gasteiger partial charge in [0.1, 0.15) is 6.33 Å². The van der Waals surface area contributed by atoms with E-state index in [1.165, 1.54) is 6.33 Å². The Morgan fingerprint density at radius 1 is 1.48 bits per heavy atom. The smallest absolute Gasteiger partial charge is 0.273 e. The number of carbonyl (C=O) groups is 1. The molecule has 1 atom stereocenters. The summed E-state index contributed by atoms with van der Waals surface area (Å²) >= 11 is 0. The number of rotatable bonds is 3. The Labute approximate surface area is 126 Å². The van der Waals surface area contributed by atoms with Gasteiger partial charge in [0.2, 0.25) is 0 Å². The van der Waals surface area contributed by atoms with Gasteiger partial charge in [-0.1, -0.05) is 13.8 Å². The zero-order valence-electron chi connectivity index (χ0n) is 13.4. The highest BCUT2D eigenvalue weighted by molar-refractivity contribution is 5.94. The Bertz CT molecular complexity index is 465. The molecule has 2 rings (SSSR count). The average molecular weight is 294 g/mol. The number of hydrogen-bond donors (Lipinski definition) is 2. The number of carbonyl (C=O) groups excluding carboxylic acids is 1. The predicted octanol–water partition coefficient (Wildman–Crippen LogP) is 1.59. The van der Waals surface area contributed by atoms with E-state index in [9.17, 15) is 9.90 Å².